The van der Waals surface area contributed by atoms with Gasteiger partial charge in [-0.15, -0.1) is 0 Å². The molecule has 29 heteroatoms. The summed E-state index contributed by atoms with van der Waals surface area (Å²) in [5.74, 6) is -2.78. The van der Waals surface area contributed by atoms with Crippen LogP contribution in [0.1, 0.15) is 259 Å². The molecule has 0 aliphatic heterocycles. The number of halogens is 12. The Labute approximate surface area is 890 Å². The van der Waals surface area contributed by atoms with Crippen LogP contribution in [0.2, 0.25) is 20.1 Å². The monoisotopic (exact) mass is 2110 g/mol. The summed E-state index contributed by atoms with van der Waals surface area (Å²) in [4.78, 5) is 37.2. The minimum Gasteiger partial charge on any atom is -0.383 e. The Morgan fingerprint density at radius 1 is 0.324 bits per heavy atom. The minimum atomic E-state index is -0.822. The molecule has 8 aromatic heterocycles. The van der Waals surface area contributed by atoms with E-state index in [4.69, 9.17) is 51.1 Å². The normalized spacial score (nSPS) is 11.8. The number of ether oxygens (including phenoxy) is 1. The van der Waals surface area contributed by atoms with Crippen LogP contribution in [0.3, 0.4) is 0 Å². The molecule has 0 aliphatic rings. The molecule has 0 saturated heterocycles. The van der Waals surface area contributed by atoms with Crippen molar-refractivity contribution in [1.29, 1.82) is 0 Å². The number of nitrogens with one attached hydrogen (secondary N) is 1. The van der Waals surface area contributed by atoms with Gasteiger partial charge in [0.2, 0.25) is 0 Å². The number of nitrogens with zero attached hydrogens (tertiary/aromatic N) is 15. The van der Waals surface area contributed by atoms with E-state index in [-0.39, 0.29) is 88.8 Å². The summed E-state index contributed by atoms with van der Waals surface area (Å²) in [6.45, 7) is 61.9. The first-order valence-electron chi connectivity index (χ1n) is 49.3. The lowest BCUT2D eigenvalue weighted by molar-refractivity contribution is 0.187. The van der Waals surface area contributed by atoms with Crippen molar-refractivity contribution < 1.29 is 39.9 Å². The molecule has 16 rings (SSSR count). The van der Waals surface area contributed by atoms with Crippen LogP contribution in [-0.2, 0) is 83.9 Å². The van der Waals surface area contributed by atoms with E-state index >= 15 is 0 Å². The number of hydrogen-bond donors (Lipinski definition) is 1. The summed E-state index contributed by atoms with van der Waals surface area (Å²) in [7, 11) is 9.28. The Morgan fingerprint density at radius 3 is 0.905 bits per heavy atom. The first-order chi connectivity index (χ1) is 68.6. The van der Waals surface area contributed by atoms with Crippen molar-refractivity contribution in [3.05, 3.63) is 331 Å². The van der Waals surface area contributed by atoms with Gasteiger partial charge in [0.1, 0.15) is 34.9 Å². The average molecular weight is 2110 g/mol. The maximum absolute atomic E-state index is 14.3. The number of aryl methyl sites for hydroxylation is 9. The minimum absolute atomic E-state index is 0.0501. The quantitative estimate of drug-likeness (QED) is 0.104. The van der Waals surface area contributed by atoms with Crippen LogP contribution in [0.4, 0.5) is 35.1 Å². The summed E-state index contributed by atoms with van der Waals surface area (Å²) >= 11 is 24.4. The lowest BCUT2D eigenvalue weighted by Gasteiger charge is -2.22. The number of hydrogen-bond acceptors (Lipinski definition) is 9. The van der Waals surface area contributed by atoms with Gasteiger partial charge in [-0.1, -0.05) is 206 Å². The predicted molar refractivity (Wildman–Crippen MR) is 593 cm³/mol. The van der Waals surface area contributed by atoms with Crippen molar-refractivity contribution >= 4 is 46.4 Å². The highest BCUT2D eigenvalue weighted by Gasteiger charge is 2.30. The molecule has 0 saturated carbocycles. The second-order valence-corrected chi connectivity index (χ2v) is 47.0. The second-order valence-electron chi connectivity index (χ2n) is 45.4. The lowest BCUT2D eigenvalue weighted by Crippen LogP contribution is -2.14. The summed E-state index contributed by atoms with van der Waals surface area (Å²) < 4.78 is 131. The SMILES string of the molecule is CC(C)(C)c1cc(-c2cnc[nH]2)cc(Cl)c1F.CC(C)c1cc(-c2cn(C)cn2)cc(F)c1F.CCn1cnc(-c2cc(C)c(F)c(C(C)(C)C)c2)c1.COCCn1cnc(-c2cc(C)c(F)c(C(C)(C)C)c2)c1.Cc1cc(-c2cn(C(C)C)cn2)cc(C(C)(C)C)c1F.Cc1cc(-c2cn(C)cn2)cc(C(C)(C)C)c1F.Cn1cnc(-c2cc(Cl)c(Cl)c(C(C)(C)C)c2)c1.Cn1cnc(-c2cc(Cl)c(F)c(C(C)(C)C)c2)c1. The maximum atomic E-state index is 14.3. The highest BCUT2D eigenvalue weighted by Crippen LogP contribution is 2.43. The molecule has 0 radical (unpaired) electrons. The zero-order valence-corrected chi connectivity index (χ0v) is 95.4. The molecule has 16 aromatic rings. The summed E-state index contributed by atoms with van der Waals surface area (Å²) in [6, 6.07) is 29.1. The fourth-order valence-corrected chi connectivity index (χ4v) is 16.9. The van der Waals surface area contributed by atoms with Gasteiger partial charge in [-0.2, -0.15) is 0 Å². The molecule has 148 heavy (non-hydrogen) atoms. The molecule has 0 fully saturated rings. The standard InChI is InChI=1S/C17H23FN2O.C17H23FN2.C16H21FN2.C15H19FN2.C14H16Cl2N2.C14H16ClFN2.C13H14ClFN2.C13H14F2N2/c1-12-8-13(9-14(16(12)18)17(2,3)4)15-10-20(11-19-15)6-7-21-5;1-11(2)20-9-15(19-10-20)13-7-12(3)16(18)14(8-13)17(4,5)6;1-6-19-9-14(18-10-19)12-7-11(2)15(17)13(8-12)16(3,4)5;1-10-6-11(13-8-18(5)9-17-13)7-12(14(10)16)15(2,3)4;2*1-14(2,3)10-5-9(6-11(15)13(10)16)12-7-18(4)8-17-12;1-13(2,3)9-4-8(5-10(14)12(9)15)11-6-16-7-17-11;1-8(2)10-4-9(5-11(14)13(10)15)12-6-17(3)7-16-12/h8-11H,6-7H2,1-5H3;7-11H,1-6H3;7-10H,6H2,1-5H3;6-9H,1-5H3;2*5-8H,1-4H3;4-7H,1-3H3,(H,16,17);4-8H,1-3H3. The Balaban J connectivity index is 0.000000188. The molecular weight excluding hydrogens is 1960 g/mol. The topological polar surface area (TPSA) is 163 Å². The van der Waals surface area contributed by atoms with Crippen molar-refractivity contribution in [2.24, 2.45) is 28.2 Å². The number of H-pyrrole nitrogens is 1. The Bertz CT molecular complexity index is 6950. The molecule has 0 unspecified atom stereocenters. The Morgan fingerprint density at radius 2 is 0.608 bits per heavy atom. The Hall–Kier alpha value is -12.0. The Kier molecular flexibility index (Phi) is 39.7. The van der Waals surface area contributed by atoms with Crippen molar-refractivity contribution in [1.82, 2.24) is 76.8 Å². The molecule has 0 amide bonds. The van der Waals surface area contributed by atoms with Crippen molar-refractivity contribution in [2.75, 3.05) is 13.7 Å². The van der Waals surface area contributed by atoms with Gasteiger partial charge in [-0.25, -0.2) is 75.0 Å². The van der Waals surface area contributed by atoms with Gasteiger partial charge in [0.25, 0.3) is 0 Å². The van der Waals surface area contributed by atoms with Gasteiger partial charge >= 0.3 is 0 Å². The summed E-state index contributed by atoms with van der Waals surface area (Å²) in [5.41, 5.74) is 20.6. The number of aromatic amines is 1. The molecule has 8 heterocycles. The van der Waals surface area contributed by atoms with Gasteiger partial charge < -0.3 is 41.7 Å². The fraction of sp³-hybridized carbons (Fsp3) is 0.395. The maximum Gasteiger partial charge on any atom is 0.162 e. The fourth-order valence-electron chi connectivity index (χ4n) is 15.8. The van der Waals surface area contributed by atoms with E-state index in [0.717, 1.165) is 120 Å². The van der Waals surface area contributed by atoms with Crippen LogP contribution in [0, 0.1) is 74.2 Å². The van der Waals surface area contributed by atoms with Crippen LogP contribution in [0.25, 0.3) is 90.1 Å². The van der Waals surface area contributed by atoms with E-state index in [1.54, 1.807) is 94.1 Å². The van der Waals surface area contributed by atoms with Gasteiger partial charge in [0.15, 0.2) is 11.6 Å². The van der Waals surface area contributed by atoms with E-state index < -0.39 is 11.6 Å². The van der Waals surface area contributed by atoms with E-state index in [1.807, 2.05) is 320 Å². The summed E-state index contributed by atoms with van der Waals surface area (Å²) in [5, 5.41) is 1.48. The van der Waals surface area contributed by atoms with Gasteiger partial charge in [0.05, 0.1) is 129 Å². The third-order valence-electron chi connectivity index (χ3n) is 24.5. The largest absolute Gasteiger partial charge is 0.383 e. The predicted octanol–water partition coefficient (Wildman–Crippen LogP) is 33.5. The second kappa shape index (κ2) is 49.2. The molecule has 0 bridgehead atoms. The molecule has 0 aliphatic carbocycles. The van der Waals surface area contributed by atoms with Crippen molar-refractivity contribution in [2.45, 2.75) is 271 Å². The number of aromatic nitrogens is 16. The zero-order valence-electron chi connectivity index (χ0n) is 92.4. The summed E-state index contributed by atoms with van der Waals surface area (Å²) in [6.07, 6.45) is 29.1. The van der Waals surface area contributed by atoms with E-state index in [9.17, 15) is 35.1 Å². The number of rotatable bonds is 14. The van der Waals surface area contributed by atoms with Crippen molar-refractivity contribution in [3.63, 3.8) is 0 Å². The number of imidazole rings is 8. The van der Waals surface area contributed by atoms with Gasteiger partial charge in [-0.3, -0.25) is 0 Å². The molecule has 1 N–H and O–H groups in total. The molecule has 17 nitrogen and oxygen atoms in total. The first-order valence-corrected chi connectivity index (χ1v) is 50.8. The molecule has 8 aromatic carbocycles. The lowest BCUT2D eigenvalue weighted by atomic mass is 9.84. The third kappa shape index (κ3) is 31.6. The highest BCUT2D eigenvalue weighted by atomic mass is 35.5. The van der Waals surface area contributed by atoms with E-state index in [0.29, 0.717) is 72.9 Å². The average Bonchev–Trinajstić information content (AvgIpc) is 1.29. The van der Waals surface area contributed by atoms with Crippen LogP contribution in [0.5, 0.6) is 0 Å². The van der Waals surface area contributed by atoms with Crippen LogP contribution < -0.4 is 0 Å². The van der Waals surface area contributed by atoms with Gasteiger partial charge in [-0.05, 0) is 256 Å². The molecule has 792 valence electrons. The van der Waals surface area contributed by atoms with Crippen LogP contribution >= 0.6 is 46.4 Å². The highest BCUT2D eigenvalue weighted by molar-refractivity contribution is 6.42. The number of methoxy groups -OCH3 is 1. The molecule has 0 atom stereocenters. The van der Waals surface area contributed by atoms with E-state index in [1.165, 1.54) is 6.07 Å². The van der Waals surface area contributed by atoms with Crippen LogP contribution in [-0.4, -0.2) is 90.5 Å². The van der Waals surface area contributed by atoms with Crippen LogP contribution in [0.15, 0.2) is 197 Å². The third-order valence-corrected chi connectivity index (χ3v) is 25.9. The van der Waals surface area contributed by atoms with Crippen molar-refractivity contribution in [3.8, 4) is 90.1 Å². The number of benzene rings is 8. The first kappa shape index (κ1) is 120. The smallest absolute Gasteiger partial charge is 0.162 e. The molecular formula is C119H146Cl4F8N16O. The zero-order chi connectivity index (χ0) is 111. The van der Waals surface area contributed by atoms with E-state index in [2.05, 4.69) is 97.0 Å². The van der Waals surface area contributed by atoms with Gasteiger partial charge in [0, 0.05) is 142 Å². The molecule has 0 spiro atoms.